The molecule has 0 aliphatic carbocycles. The van der Waals surface area contributed by atoms with Gasteiger partial charge in [-0.15, -0.1) is 0 Å². The highest BCUT2D eigenvalue weighted by Gasteiger charge is 2.20. The summed E-state index contributed by atoms with van der Waals surface area (Å²) in [6.45, 7) is 0.578. The molecule has 0 bridgehead atoms. The molecule has 1 aliphatic heterocycles. The van der Waals surface area contributed by atoms with Crippen molar-refractivity contribution >= 4 is 21.6 Å². The predicted molar refractivity (Wildman–Crippen MR) is 92.3 cm³/mol. The first-order valence-corrected chi connectivity index (χ1v) is 9.27. The highest BCUT2D eigenvalue weighted by molar-refractivity contribution is 7.89. The highest BCUT2D eigenvalue weighted by atomic mass is 32.2. The summed E-state index contributed by atoms with van der Waals surface area (Å²) < 4.78 is 37.9. The predicted octanol–water partition coefficient (Wildman–Crippen LogP) is 1.76. The van der Waals surface area contributed by atoms with Crippen LogP contribution in [-0.2, 0) is 14.8 Å². The third kappa shape index (κ3) is 4.49. The molecule has 2 aromatic rings. The molecule has 1 heterocycles. The van der Waals surface area contributed by atoms with Crippen molar-refractivity contribution in [2.45, 2.75) is 11.3 Å². The Morgan fingerprint density at radius 3 is 2.76 bits per heavy atom. The summed E-state index contributed by atoms with van der Waals surface area (Å²) in [5.41, 5.74) is 0.353. The largest absolute Gasteiger partial charge is 0.494 e. The minimum atomic E-state index is -3.67. The van der Waals surface area contributed by atoms with E-state index in [0.29, 0.717) is 24.5 Å². The lowest BCUT2D eigenvalue weighted by Crippen LogP contribution is -2.28. The number of ether oxygens (including phenoxy) is 2. The molecular formula is C17H18N2O5S. The maximum Gasteiger partial charge on any atom is 0.262 e. The zero-order valence-electron chi connectivity index (χ0n) is 13.4. The minimum Gasteiger partial charge on any atom is -0.494 e. The number of hydrogen-bond donors (Lipinski definition) is 2. The number of hydrogen-bond acceptors (Lipinski definition) is 5. The summed E-state index contributed by atoms with van der Waals surface area (Å²) in [6.07, 6.45) is 0.527. The topological polar surface area (TPSA) is 93.7 Å². The van der Waals surface area contributed by atoms with E-state index in [4.69, 9.17) is 9.47 Å². The number of nitrogens with one attached hydrogen (secondary N) is 2. The molecule has 0 unspecified atom stereocenters. The van der Waals surface area contributed by atoms with Gasteiger partial charge < -0.3 is 14.8 Å². The summed E-state index contributed by atoms with van der Waals surface area (Å²) >= 11 is 0. The van der Waals surface area contributed by atoms with Crippen LogP contribution < -0.4 is 19.5 Å². The Bertz CT molecular complexity index is 853. The van der Waals surface area contributed by atoms with Gasteiger partial charge in [0.1, 0.15) is 11.5 Å². The maximum absolute atomic E-state index is 12.3. The number of carbonyl (C=O) groups excluding carboxylic acids is 1. The Morgan fingerprint density at radius 1 is 1.16 bits per heavy atom. The van der Waals surface area contributed by atoms with Crippen LogP contribution in [0, 0.1) is 0 Å². The molecule has 2 aromatic carbocycles. The molecule has 1 amide bonds. The molecule has 25 heavy (non-hydrogen) atoms. The van der Waals surface area contributed by atoms with Gasteiger partial charge in [0.05, 0.1) is 17.2 Å². The number of fused-ring (bicyclic) bond motifs is 1. The van der Waals surface area contributed by atoms with E-state index in [2.05, 4.69) is 10.0 Å². The number of carbonyl (C=O) groups is 1. The summed E-state index contributed by atoms with van der Waals surface area (Å²) in [7, 11) is -3.67. The van der Waals surface area contributed by atoms with E-state index in [1.807, 2.05) is 30.3 Å². The van der Waals surface area contributed by atoms with Crippen molar-refractivity contribution in [2.24, 2.45) is 0 Å². The zero-order chi connectivity index (χ0) is 17.7. The van der Waals surface area contributed by atoms with Gasteiger partial charge in [-0.2, -0.15) is 0 Å². The summed E-state index contributed by atoms with van der Waals surface area (Å²) in [4.78, 5) is 11.4. The van der Waals surface area contributed by atoms with Gasteiger partial charge in [-0.3, -0.25) is 4.79 Å². The Balaban J connectivity index is 1.53. The fourth-order valence-electron chi connectivity index (χ4n) is 2.30. The van der Waals surface area contributed by atoms with Crippen molar-refractivity contribution in [3.8, 4) is 11.5 Å². The number of benzene rings is 2. The van der Waals surface area contributed by atoms with Crippen LogP contribution in [-0.4, -0.2) is 34.1 Å². The van der Waals surface area contributed by atoms with E-state index >= 15 is 0 Å². The molecule has 0 saturated heterocycles. The second-order valence-electron chi connectivity index (χ2n) is 5.41. The second kappa shape index (κ2) is 7.54. The molecule has 8 heteroatoms. The molecule has 1 aliphatic rings. The maximum atomic E-state index is 12.3. The summed E-state index contributed by atoms with van der Waals surface area (Å²) in [5, 5.41) is 2.59. The molecule has 0 fully saturated rings. The Morgan fingerprint density at radius 2 is 1.96 bits per heavy atom. The number of rotatable bonds is 7. The van der Waals surface area contributed by atoms with Crippen LogP contribution in [0.5, 0.6) is 11.5 Å². The molecule has 0 atom stereocenters. The number of sulfonamides is 1. The van der Waals surface area contributed by atoms with Gasteiger partial charge in [0.15, 0.2) is 6.61 Å². The van der Waals surface area contributed by atoms with Crippen LogP contribution in [0.15, 0.2) is 53.4 Å². The van der Waals surface area contributed by atoms with E-state index in [0.717, 1.165) is 5.75 Å². The van der Waals surface area contributed by atoms with Gasteiger partial charge in [-0.25, -0.2) is 13.1 Å². The third-order valence-electron chi connectivity index (χ3n) is 3.52. The van der Waals surface area contributed by atoms with Crippen LogP contribution in [0.25, 0.3) is 0 Å². The van der Waals surface area contributed by atoms with Gasteiger partial charge in [0, 0.05) is 6.54 Å². The fourth-order valence-corrected chi connectivity index (χ4v) is 3.40. The normalized spacial score (nSPS) is 13.5. The number of para-hydroxylation sites is 1. The minimum absolute atomic E-state index is 0.0704. The SMILES string of the molecule is O=C1COc2ccc(S(=O)(=O)NCCCOc3ccccc3)cc2N1. The first kappa shape index (κ1) is 17.2. The van der Waals surface area contributed by atoms with Crippen molar-refractivity contribution in [3.05, 3.63) is 48.5 Å². The van der Waals surface area contributed by atoms with Gasteiger partial charge in [-0.1, -0.05) is 18.2 Å². The number of amides is 1. The first-order chi connectivity index (χ1) is 12.0. The summed E-state index contributed by atoms with van der Waals surface area (Å²) in [6, 6.07) is 13.7. The van der Waals surface area contributed by atoms with Crippen molar-refractivity contribution < 1.29 is 22.7 Å². The van der Waals surface area contributed by atoms with E-state index < -0.39 is 10.0 Å². The van der Waals surface area contributed by atoms with Crippen LogP contribution in [0.1, 0.15) is 6.42 Å². The lowest BCUT2D eigenvalue weighted by atomic mass is 10.2. The highest BCUT2D eigenvalue weighted by Crippen LogP contribution is 2.29. The molecule has 7 nitrogen and oxygen atoms in total. The van der Waals surface area contributed by atoms with Gasteiger partial charge in [0.2, 0.25) is 10.0 Å². The lowest BCUT2D eigenvalue weighted by molar-refractivity contribution is -0.118. The second-order valence-corrected chi connectivity index (χ2v) is 7.17. The first-order valence-electron chi connectivity index (χ1n) is 7.79. The molecular weight excluding hydrogens is 344 g/mol. The molecule has 3 rings (SSSR count). The quantitative estimate of drug-likeness (QED) is 0.732. The molecule has 132 valence electrons. The smallest absolute Gasteiger partial charge is 0.262 e. The molecule has 2 N–H and O–H groups in total. The van der Waals surface area contributed by atoms with Crippen molar-refractivity contribution in [2.75, 3.05) is 25.1 Å². The van der Waals surface area contributed by atoms with Gasteiger partial charge in [0.25, 0.3) is 5.91 Å². The molecule has 0 radical (unpaired) electrons. The Labute approximate surface area is 146 Å². The standard InChI is InChI=1S/C17H18N2O5S/c20-17-12-24-16-8-7-14(11-15(16)19-17)25(21,22)18-9-4-10-23-13-5-2-1-3-6-13/h1-3,5-8,11,18H,4,9-10,12H2,(H,19,20). The number of anilines is 1. The van der Waals surface area contributed by atoms with E-state index in [1.165, 1.54) is 18.2 Å². The van der Waals surface area contributed by atoms with Crippen LogP contribution >= 0.6 is 0 Å². The third-order valence-corrected chi connectivity index (χ3v) is 4.98. The Kier molecular flexibility index (Phi) is 5.20. The van der Waals surface area contributed by atoms with Gasteiger partial charge in [-0.05, 0) is 36.8 Å². The van der Waals surface area contributed by atoms with Gasteiger partial charge >= 0.3 is 0 Å². The van der Waals surface area contributed by atoms with E-state index in [-0.39, 0.29) is 24.0 Å². The molecule has 0 saturated carbocycles. The van der Waals surface area contributed by atoms with Crippen LogP contribution in [0.4, 0.5) is 5.69 Å². The van der Waals surface area contributed by atoms with E-state index in [9.17, 15) is 13.2 Å². The lowest BCUT2D eigenvalue weighted by Gasteiger charge is -2.18. The average Bonchev–Trinajstić information content (AvgIpc) is 2.61. The average molecular weight is 362 g/mol. The monoisotopic (exact) mass is 362 g/mol. The van der Waals surface area contributed by atoms with E-state index in [1.54, 1.807) is 0 Å². The summed E-state index contributed by atoms with van der Waals surface area (Å²) in [5.74, 6) is 0.888. The van der Waals surface area contributed by atoms with Crippen LogP contribution in [0.2, 0.25) is 0 Å². The zero-order valence-corrected chi connectivity index (χ0v) is 14.2. The van der Waals surface area contributed by atoms with Crippen molar-refractivity contribution in [1.82, 2.24) is 4.72 Å². The molecule has 0 aromatic heterocycles. The van der Waals surface area contributed by atoms with Crippen molar-refractivity contribution in [3.63, 3.8) is 0 Å². The van der Waals surface area contributed by atoms with Crippen LogP contribution in [0.3, 0.4) is 0 Å². The fraction of sp³-hybridized carbons (Fsp3) is 0.235. The van der Waals surface area contributed by atoms with Crippen molar-refractivity contribution in [1.29, 1.82) is 0 Å². The molecule has 0 spiro atoms. The Hall–Kier alpha value is -2.58.